The summed E-state index contributed by atoms with van der Waals surface area (Å²) in [4.78, 5) is 0. The largest absolute Gasteiger partial charge is 0.314 e. The normalized spacial score (nSPS) is 12.0. The van der Waals surface area contributed by atoms with Crippen LogP contribution in [0.4, 0.5) is 0 Å². The maximum Gasteiger partial charge on any atom is 0.313 e. The fraction of sp³-hybridized carbons (Fsp3) is 1.00. The summed E-state index contributed by atoms with van der Waals surface area (Å²) in [5, 5.41) is 0. The molecule has 0 spiro atoms. The molecule has 0 aromatic heterocycles. The smallest absolute Gasteiger partial charge is 0.313 e. The second-order valence-electron chi connectivity index (χ2n) is 21.0. The van der Waals surface area contributed by atoms with Gasteiger partial charge in [0.05, 0.1) is 6.61 Å². The highest BCUT2D eigenvalue weighted by Crippen LogP contribution is 2.70. The molecule has 392 valence electrons. The summed E-state index contributed by atoms with van der Waals surface area (Å²) in [6.45, 7) is 7.61. The molecule has 0 fully saturated rings. The van der Waals surface area contributed by atoms with Crippen molar-refractivity contribution in [3.8, 4) is 0 Å². The third-order valence-electron chi connectivity index (χ3n) is 14.2. The van der Waals surface area contributed by atoms with E-state index in [1.165, 1.54) is 340 Å². The van der Waals surface area contributed by atoms with Crippen LogP contribution in [0.2, 0.25) is 0 Å². The van der Waals surface area contributed by atoms with E-state index in [0.29, 0.717) is 6.61 Å². The molecule has 0 bridgehead atoms. The Morgan fingerprint density at radius 2 is 0.385 bits per heavy atom. The average molecular weight is 972 g/mol. The van der Waals surface area contributed by atoms with Crippen molar-refractivity contribution >= 4 is 28.5 Å². The minimum absolute atomic E-state index is 0.689. The van der Waals surface area contributed by atoms with Crippen molar-refractivity contribution in [3.05, 3.63) is 0 Å². The molecule has 2 nitrogen and oxygen atoms in total. The Kier molecular flexibility index (Phi) is 60.0. The minimum Gasteiger partial charge on any atom is -0.314 e. The number of hydrogen-bond acceptors (Lipinski definition) is 4. The molecule has 0 unspecified atom stereocenters. The van der Waals surface area contributed by atoms with Gasteiger partial charge in [-0.3, -0.25) is 4.57 Å². The summed E-state index contributed by atoms with van der Waals surface area (Å²) in [6, 6.07) is 0. The van der Waals surface area contributed by atoms with Crippen molar-refractivity contribution in [2.45, 2.75) is 367 Å². The quantitative estimate of drug-likeness (QED) is 0.0448. The van der Waals surface area contributed by atoms with Gasteiger partial charge in [-0.15, -0.1) is 0 Å². The van der Waals surface area contributed by atoms with Crippen LogP contribution >= 0.6 is 28.5 Å². The molecule has 0 amide bonds. The van der Waals surface area contributed by atoms with Crippen LogP contribution in [0.25, 0.3) is 0 Å². The van der Waals surface area contributed by atoms with Crippen molar-refractivity contribution in [3.63, 3.8) is 0 Å². The van der Waals surface area contributed by atoms with E-state index in [9.17, 15) is 4.57 Å². The van der Waals surface area contributed by atoms with Crippen LogP contribution in [0.5, 0.6) is 0 Å². The van der Waals surface area contributed by atoms with E-state index in [4.69, 9.17) is 4.52 Å². The summed E-state index contributed by atoms with van der Waals surface area (Å²) < 4.78 is 20.4. The van der Waals surface area contributed by atoms with Crippen LogP contribution in [0, 0.1) is 0 Å². The van der Waals surface area contributed by atoms with Gasteiger partial charge in [0.1, 0.15) is 0 Å². The van der Waals surface area contributed by atoms with Crippen molar-refractivity contribution in [1.82, 2.24) is 0 Å². The first-order valence-corrected chi connectivity index (χ1v) is 35.5. The summed E-state index contributed by atoms with van der Waals surface area (Å²) >= 11 is 3.38. The van der Waals surface area contributed by atoms with Crippen LogP contribution in [-0.2, 0) is 9.09 Å². The molecule has 0 rings (SSSR count). The molecule has 0 aliphatic carbocycles. The van der Waals surface area contributed by atoms with E-state index in [1.807, 2.05) is 0 Å². The molecule has 0 aliphatic heterocycles. The predicted molar refractivity (Wildman–Crippen MR) is 305 cm³/mol. The SMILES string of the molecule is CCCCCCCCCCCCCCCCCCCCOP(=O)(SCCCCCCCCCCCCCCCCCCCC)SCCCCCCCCCCCCCCCCCCCC. The Labute approximate surface area is 421 Å². The monoisotopic (exact) mass is 971 g/mol. The highest BCUT2D eigenvalue weighted by molar-refractivity contribution is 8.89. The summed E-state index contributed by atoms with van der Waals surface area (Å²) in [6.07, 6.45) is 75.8. The molecule has 0 radical (unpaired) electrons. The first-order valence-electron chi connectivity index (χ1n) is 30.7. The lowest BCUT2D eigenvalue weighted by atomic mass is 10.0. The van der Waals surface area contributed by atoms with Gasteiger partial charge in [-0.25, -0.2) is 0 Å². The first kappa shape index (κ1) is 65.9. The van der Waals surface area contributed by atoms with Gasteiger partial charge in [-0.05, 0) is 19.3 Å². The predicted octanol–water partition coefficient (Wildman–Crippen LogP) is 24.7. The van der Waals surface area contributed by atoms with E-state index in [-0.39, 0.29) is 0 Å². The van der Waals surface area contributed by atoms with Gasteiger partial charge >= 0.3 is 5.77 Å². The fourth-order valence-corrected chi connectivity index (χ4v) is 16.6. The van der Waals surface area contributed by atoms with Crippen molar-refractivity contribution < 1.29 is 9.09 Å². The van der Waals surface area contributed by atoms with Gasteiger partial charge in [0.15, 0.2) is 0 Å². The number of hydrogen-bond donors (Lipinski definition) is 0. The van der Waals surface area contributed by atoms with Gasteiger partial charge in [-0.2, -0.15) is 0 Å². The summed E-state index contributed by atoms with van der Waals surface area (Å²) in [7, 11) is 0. The molecule has 5 heteroatoms. The van der Waals surface area contributed by atoms with Crippen LogP contribution < -0.4 is 0 Å². The molecule has 0 saturated carbocycles. The Balaban J connectivity index is 4.08. The zero-order valence-corrected chi connectivity index (χ0v) is 47.9. The Hall–Kier alpha value is 0.890. The molecule has 0 aromatic carbocycles. The lowest BCUT2D eigenvalue weighted by Gasteiger charge is -2.17. The summed E-state index contributed by atoms with van der Waals surface area (Å²) in [5.41, 5.74) is 0. The van der Waals surface area contributed by atoms with Crippen molar-refractivity contribution in [1.29, 1.82) is 0 Å². The van der Waals surface area contributed by atoms with Crippen molar-refractivity contribution in [2.24, 2.45) is 0 Å². The molecule has 0 saturated heterocycles. The van der Waals surface area contributed by atoms with E-state index < -0.39 is 5.77 Å². The molecule has 0 N–H and O–H groups in total. The molecule has 0 aromatic rings. The van der Waals surface area contributed by atoms with Gasteiger partial charge < -0.3 is 4.52 Å². The van der Waals surface area contributed by atoms with E-state index >= 15 is 0 Å². The van der Waals surface area contributed by atoms with Crippen LogP contribution in [-0.4, -0.2) is 18.1 Å². The van der Waals surface area contributed by atoms with E-state index in [0.717, 1.165) is 17.9 Å². The lowest BCUT2D eigenvalue weighted by Crippen LogP contribution is -1.93. The molecular formula is C60H123O2PS2. The highest BCUT2D eigenvalue weighted by atomic mass is 33.1. The molecule has 0 aliphatic rings. The van der Waals surface area contributed by atoms with E-state index in [2.05, 4.69) is 20.8 Å². The third kappa shape index (κ3) is 57.4. The maximum absolute atomic E-state index is 14.1. The fourth-order valence-electron chi connectivity index (χ4n) is 9.65. The van der Waals surface area contributed by atoms with Crippen LogP contribution in [0.15, 0.2) is 0 Å². The molecule has 0 heterocycles. The minimum atomic E-state index is -2.66. The molecular weight excluding hydrogens is 848 g/mol. The van der Waals surface area contributed by atoms with Gasteiger partial charge in [-0.1, -0.05) is 371 Å². The Morgan fingerprint density at radius 3 is 0.569 bits per heavy atom. The number of rotatable bonds is 60. The maximum atomic E-state index is 14.1. The molecule has 0 atom stereocenters. The van der Waals surface area contributed by atoms with Gasteiger partial charge in [0.25, 0.3) is 0 Å². The Bertz CT molecular complexity index is 776. The standard InChI is InChI=1S/C60H123O2PS2/c1-4-7-10-13-16-19-22-25-28-31-34-37-40-43-46-49-52-55-58-62-63(61,64-59-56-53-50-47-44-41-38-35-32-29-26-23-20-17-14-11-8-5-2)65-60-57-54-51-48-45-42-39-36-33-30-27-24-21-18-15-12-9-6-3/h4-60H2,1-3H3. The lowest BCUT2D eigenvalue weighted by molar-refractivity contribution is 0.321. The molecule has 65 heavy (non-hydrogen) atoms. The van der Waals surface area contributed by atoms with Crippen molar-refractivity contribution in [2.75, 3.05) is 18.1 Å². The number of unbranched alkanes of at least 4 members (excludes halogenated alkanes) is 51. The topological polar surface area (TPSA) is 26.3 Å². The Morgan fingerprint density at radius 1 is 0.231 bits per heavy atom. The zero-order chi connectivity index (χ0) is 46.9. The van der Waals surface area contributed by atoms with Crippen LogP contribution in [0.1, 0.15) is 367 Å². The first-order chi connectivity index (χ1) is 32.2. The second-order valence-corrected chi connectivity index (χ2v) is 28.6. The van der Waals surface area contributed by atoms with Gasteiger partial charge in [0, 0.05) is 11.5 Å². The van der Waals surface area contributed by atoms with Crippen LogP contribution in [0.3, 0.4) is 0 Å². The summed E-state index contributed by atoms with van der Waals surface area (Å²) in [5.74, 6) is -0.661. The van der Waals surface area contributed by atoms with Gasteiger partial charge in [0.2, 0.25) is 0 Å². The third-order valence-corrected chi connectivity index (χ3v) is 21.8. The van der Waals surface area contributed by atoms with E-state index in [1.54, 1.807) is 22.8 Å². The zero-order valence-electron chi connectivity index (χ0n) is 45.4. The average Bonchev–Trinajstić information content (AvgIpc) is 3.31. The second kappa shape index (κ2) is 59.2. The highest BCUT2D eigenvalue weighted by Gasteiger charge is 2.24.